The number of benzene rings is 1. The van der Waals surface area contributed by atoms with Gasteiger partial charge < -0.3 is 15.7 Å². The largest absolute Gasteiger partial charge is 0.508 e. The van der Waals surface area contributed by atoms with Crippen molar-refractivity contribution >= 4 is 23.0 Å². The van der Waals surface area contributed by atoms with Gasteiger partial charge in [0.2, 0.25) is 0 Å². The van der Waals surface area contributed by atoms with E-state index in [1.165, 1.54) is 0 Å². The van der Waals surface area contributed by atoms with Crippen LogP contribution in [0.1, 0.15) is 13.8 Å². The fourth-order valence-corrected chi connectivity index (χ4v) is 1.33. The van der Waals surface area contributed by atoms with Crippen molar-refractivity contribution in [2.24, 2.45) is 0 Å². The zero-order valence-electron chi connectivity index (χ0n) is 8.24. The van der Waals surface area contributed by atoms with E-state index in [-0.39, 0.29) is 5.75 Å². The van der Waals surface area contributed by atoms with E-state index in [0.29, 0.717) is 11.2 Å². The summed E-state index contributed by atoms with van der Waals surface area (Å²) in [5.41, 5.74) is 0.862. The molecule has 1 aromatic rings. The van der Waals surface area contributed by atoms with Crippen LogP contribution in [0.25, 0.3) is 0 Å². The molecular formula is C10H14N2OS. The molecule has 0 radical (unpaired) electrons. The second kappa shape index (κ2) is 4.81. The van der Waals surface area contributed by atoms with Gasteiger partial charge in [0.25, 0.3) is 0 Å². The lowest BCUT2D eigenvalue weighted by Crippen LogP contribution is -2.33. The molecule has 1 aromatic carbocycles. The fourth-order valence-electron chi connectivity index (χ4n) is 0.974. The van der Waals surface area contributed by atoms with Crippen LogP contribution in [0.15, 0.2) is 24.3 Å². The van der Waals surface area contributed by atoms with Gasteiger partial charge in [0.1, 0.15) is 5.75 Å². The van der Waals surface area contributed by atoms with E-state index in [2.05, 4.69) is 10.6 Å². The summed E-state index contributed by atoms with van der Waals surface area (Å²) in [5, 5.41) is 15.7. The number of phenolic OH excluding ortho intramolecular Hbond substituents is 1. The Morgan fingerprint density at radius 2 is 1.86 bits per heavy atom. The summed E-state index contributed by atoms with van der Waals surface area (Å²) in [4.78, 5) is 0. The normalized spacial score (nSPS) is 9.93. The lowest BCUT2D eigenvalue weighted by atomic mass is 10.3. The standard InChI is InChI=1S/C10H14N2OS/c1-7(2)11-10(14)12-8-3-5-9(13)6-4-8/h3-7,13H,1-2H3,(H2,11,12,14). The summed E-state index contributed by atoms with van der Waals surface area (Å²) < 4.78 is 0. The zero-order chi connectivity index (χ0) is 10.6. The highest BCUT2D eigenvalue weighted by atomic mass is 32.1. The van der Waals surface area contributed by atoms with Gasteiger partial charge in [-0.05, 0) is 50.3 Å². The van der Waals surface area contributed by atoms with E-state index in [1.807, 2.05) is 13.8 Å². The smallest absolute Gasteiger partial charge is 0.170 e. The quantitative estimate of drug-likeness (QED) is 0.516. The molecule has 0 saturated carbocycles. The first-order chi connectivity index (χ1) is 6.58. The van der Waals surface area contributed by atoms with Gasteiger partial charge in [0.05, 0.1) is 0 Å². The van der Waals surface area contributed by atoms with Gasteiger partial charge in [0, 0.05) is 11.7 Å². The molecule has 0 amide bonds. The number of aromatic hydroxyl groups is 1. The molecule has 4 heteroatoms. The summed E-state index contributed by atoms with van der Waals surface area (Å²) in [6.45, 7) is 4.04. The van der Waals surface area contributed by atoms with Gasteiger partial charge in [-0.2, -0.15) is 0 Å². The van der Waals surface area contributed by atoms with E-state index < -0.39 is 0 Å². The summed E-state index contributed by atoms with van der Waals surface area (Å²) in [5.74, 6) is 0.248. The highest BCUT2D eigenvalue weighted by Gasteiger charge is 1.98. The highest BCUT2D eigenvalue weighted by molar-refractivity contribution is 7.80. The van der Waals surface area contributed by atoms with Crippen molar-refractivity contribution in [3.63, 3.8) is 0 Å². The minimum Gasteiger partial charge on any atom is -0.508 e. The van der Waals surface area contributed by atoms with Crippen LogP contribution >= 0.6 is 12.2 Å². The van der Waals surface area contributed by atoms with E-state index >= 15 is 0 Å². The highest BCUT2D eigenvalue weighted by Crippen LogP contribution is 2.13. The number of nitrogens with one attached hydrogen (secondary N) is 2. The number of phenols is 1. The van der Waals surface area contributed by atoms with Crippen molar-refractivity contribution < 1.29 is 5.11 Å². The average Bonchev–Trinajstić information content (AvgIpc) is 2.07. The lowest BCUT2D eigenvalue weighted by Gasteiger charge is -2.12. The predicted octanol–water partition coefficient (Wildman–Crippen LogP) is 2.09. The van der Waals surface area contributed by atoms with Crippen LogP contribution in [0.3, 0.4) is 0 Å². The molecule has 0 atom stereocenters. The molecule has 0 aliphatic rings. The van der Waals surface area contributed by atoms with Gasteiger partial charge in [-0.1, -0.05) is 0 Å². The Morgan fingerprint density at radius 1 is 1.29 bits per heavy atom. The molecule has 0 aromatic heterocycles. The molecular weight excluding hydrogens is 196 g/mol. The van der Waals surface area contributed by atoms with Crippen molar-refractivity contribution in [2.75, 3.05) is 5.32 Å². The molecule has 0 bridgehead atoms. The predicted molar refractivity (Wildman–Crippen MR) is 62.6 cm³/mol. The Balaban J connectivity index is 2.52. The zero-order valence-corrected chi connectivity index (χ0v) is 9.06. The number of hydrogen-bond donors (Lipinski definition) is 3. The minimum absolute atomic E-state index is 0.248. The molecule has 0 heterocycles. The molecule has 0 fully saturated rings. The molecule has 0 aliphatic heterocycles. The van der Waals surface area contributed by atoms with Crippen molar-refractivity contribution in [1.82, 2.24) is 5.32 Å². The maximum absolute atomic E-state index is 9.06. The molecule has 76 valence electrons. The number of anilines is 1. The second-order valence-corrected chi connectivity index (χ2v) is 3.71. The number of hydrogen-bond acceptors (Lipinski definition) is 2. The van der Waals surface area contributed by atoms with Crippen LogP contribution in [-0.4, -0.2) is 16.3 Å². The maximum Gasteiger partial charge on any atom is 0.170 e. The number of rotatable bonds is 2. The molecule has 3 nitrogen and oxygen atoms in total. The Kier molecular flexibility index (Phi) is 3.71. The molecule has 1 rings (SSSR count). The molecule has 14 heavy (non-hydrogen) atoms. The van der Waals surface area contributed by atoms with Gasteiger partial charge >= 0.3 is 0 Å². The van der Waals surface area contributed by atoms with E-state index in [9.17, 15) is 0 Å². The van der Waals surface area contributed by atoms with E-state index in [1.54, 1.807) is 24.3 Å². The van der Waals surface area contributed by atoms with Crippen LogP contribution in [0.4, 0.5) is 5.69 Å². The van der Waals surface area contributed by atoms with Crippen molar-refractivity contribution in [3.05, 3.63) is 24.3 Å². The number of thiocarbonyl (C=S) groups is 1. The monoisotopic (exact) mass is 210 g/mol. The summed E-state index contributed by atoms with van der Waals surface area (Å²) in [6.07, 6.45) is 0. The summed E-state index contributed by atoms with van der Waals surface area (Å²) in [7, 11) is 0. The van der Waals surface area contributed by atoms with Crippen LogP contribution in [-0.2, 0) is 0 Å². The SMILES string of the molecule is CC(C)NC(=S)Nc1ccc(O)cc1. The van der Waals surface area contributed by atoms with E-state index in [0.717, 1.165) is 5.69 Å². The topological polar surface area (TPSA) is 44.3 Å². The third-order valence-electron chi connectivity index (χ3n) is 1.54. The van der Waals surface area contributed by atoms with Crippen LogP contribution < -0.4 is 10.6 Å². The maximum atomic E-state index is 9.06. The van der Waals surface area contributed by atoms with Crippen molar-refractivity contribution in [1.29, 1.82) is 0 Å². The third-order valence-corrected chi connectivity index (χ3v) is 1.76. The summed E-state index contributed by atoms with van der Waals surface area (Å²) >= 11 is 5.06. The third kappa shape index (κ3) is 3.62. The van der Waals surface area contributed by atoms with Gasteiger partial charge in [0.15, 0.2) is 5.11 Å². The molecule has 0 spiro atoms. The second-order valence-electron chi connectivity index (χ2n) is 3.30. The van der Waals surface area contributed by atoms with Crippen LogP contribution in [0.2, 0.25) is 0 Å². The fraction of sp³-hybridized carbons (Fsp3) is 0.300. The first-order valence-electron chi connectivity index (χ1n) is 4.44. The first-order valence-corrected chi connectivity index (χ1v) is 4.85. The van der Waals surface area contributed by atoms with Gasteiger partial charge in [-0.15, -0.1) is 0 Å². The average molecular weight is 210 g/mol. The van der Waals surface area contributed by atoms with Crippen LogP contribution in [0, 0.1) is 0 Å². The Morgan fingerprint density at radius 3 is 2.36 bits per heavy atom. The van der Waals surface area contributed by atoms with Gasteiger partial charge in [-0.25, -0.2) is 0 Å². The van der Waals surface area contributed by atoms with Gasteiger partial charge in [-0.3, -0.25) is 0 Å². The molecule has 0 saturated heterocycles. The van der Waals surface area contributed by atoms with Crippen molar-refractivity contribution in [3.8, 4) is 5.75 Å². The van der Waals surface area contributed by atoms with Crippen molar-refractivity contribution in [2.45, 2.75) is 19.9 Å². The Labute approximate surface area is 89.1 Å². The minimum atomic E-state index is 0.248. The summed E-state index contributed by atoms with van der Waals surface area (Å²) in [6, 6.07) is 7.07. The Bertz CT molecular complexity index is 308. The molecule has 3 N–H and O–H groups in total. The molecule has 0 aliphatic carbocycles. The van der Waals surface area contributed by atoms with E-state index in [4.69, 9.17) is 17.3 Å². The first kappa shape index (κ1) is 10.8. The lowest BCUT2D eigenvalue weighted by molar-refractivity contribution is 0.475. The molecule has 0 unspecified atom stereocenters. The Hall–Kier alpha value is -1.29. The van der Waals surface area contributed by atoms with Crippen LogP contribution in [0.5, 0.6) is 5.75 Å².